The van der Waals surface area contributed by atoms with E-state index in [0.717, 1.165) is 31.6 Å². The van der Waals surface area contributed by atoms with Crippen LogP contribution in [0.4, 0.5) is 5.69 Å². The number of nitrogens with zero attached hydrogens (tertiary/aromatic N) is 1. The number of likely N-dealkylation sites (tertiary alicyclic amines) is 1. The fraction of sp³-hybridized carbons (Fsp3) is 0.467. The quantitative estimate of drug-likeness (QED) is 0.823. The van der Waals surface area contributed by atoms with Crippen LogP contribution in [0, 0.1) is 0 Å². The lowest BCUT2D eigenvalue weighted by Gasteiger charge is -2.34. The second-order valence-corrected chi connectivity index (χ2v) is 6.02. The molecule has 22 heavy (non-hydrogen) atoms. The average molecular weight is 342 g/mol. The number of carbonyl (C=O) groups excluding carboxylic acids is 1. The highest BCUT2D eigenvalue weighted by Crippen LogP contribution is 2.16. The predicted octanol–water partition coefficient (Wildman–Crippen LogP) is 2.26. The van der Waals surface area contributed by atoms with Gasteiger partial charge in [0.05, 0.1) is 0 Å². The molecule has 0 atom stereocenters. The Kier molecular flexibility index (Phi) is 6.42. The topological polar surface area (TPSA) is 53.6 Å². The molecule has 1 aliphatic rings. The Balaban J connectivity index is 1.77. The summed E-state index contributed by atoms with van der Waals surface area (Å²) < 4.78 is 4.82. The largest absolute Gasteiger partial charge is 0.375 e. The molecule has 1 heterocycles. The highest BCUT2D eigenvalue weighted by atomic mass is 35.5. The van der Waals surface area contributed by atoms with Gasteiger partial charge in [0, 0.05) is 37.0 Å². The minimum Gasteiger partial charge on any atom is -0.375 e. The van der Waals surface area contributed by atoms with Gasteiger partial charge in [0.15, 0.2) is 5.11 Å². The zero-order valence-electron chi connectivity index (χ0n) is 12.5. The molecule has 1 aliphatic heterocycles. The van der Waals surface area contributed by atoms with Gasteiger partial charge < -0.3 is 20.3 Å². The number of amides is 1. The van der Waals surface area contributed by atoms with Crippen LogP contribution in [0.15, 0.2) is 24.3 Å². The molecule has 5 nitrogen and oxygen atoms in total. The number of ether oxygens (including phenoxy) is 1. The zero-order valence-corrected chi connectivity index (χ0v) is 14.0. The van der Waals surface area contributed by atoms with E-state index in [2.05, 4.69) is 15.5 Å². The van der Waals surface area contributed by atoms with Crippen LogP contribution >= 0.6 is 23.8 Å². The first-order chi connectivity index (χ1) is 10.6. The molecule has 1 fully saturated rings. The minimum atomic E-state index is -0.0668. The van der Waals surface area contributed by atoms with E-state index in [0.29, 0.717) is 10.1 Å². The van der Waals surface area contributed by atoms with E-state index >= 15 is 0 Å². The maximum absolute atomic E-state index is 11.5. The lowest BCUT2D eigenvalue weighted by Crippen LogP contribution is -2.48. The molecule has 0 unspecified atom stereocenters. The Bertz CT molecular complexity index is 516. The Morgan fingerprint density at radius 3 is 2.59 bits per heavy atom. The van der Waals surface area contributed by atoms with Crippen molar-refractivity contribution >= 4 is 40.5 Å². The van der Waals surface area contributed by atoms with Crippen LogP contribution < -0.4 is 10.6 Å². The smallest absolute Gasteiger partial charge is 0.246 e. The number of rotatable bonds is 4. The van der Waals surface area contributed by atoms with Gasteiger partial charge in [-0.15, -0.1) is 0 Å². The summed E-state index contributed by atoms with van der Waals surface area (Å²) in [6, 6.07) is 7.63. The molecule has 1 saturated heterocycles. The fourth-order valence-electron chi connectivity index (χ4n) is 2.36. The van der Waals surface area contributed by atoms with Gasteiger partial charge in [-0.2, -0.15) is 0 Å². The molecule has 1 aromatic carbocycles. The molecular formula is C15H20ClN3O2S. The van der Waals surface area contributed by atoms with Crippen LogP contribution in [0.1, 0.15) is 12.8 Å². The molecule has 7 heteroatoms. The molecule has 0 aliphatic carbocycles. The summed E-state index contributed by atoms with van der Waals surface area (Å²) in [5.41, 5.74) is 0.921. The van der Waals surface area contributed by atoms with Gasteiger partial charge in [0.25, 0.3) is 0 Å². The Labute approximate surface area is 141 Å². The fourth-order valence-corrected chi connectivity index (χ4v) is 2.79. The summed E-state index contributed by atoms with van der Waals surface area (Å²) in [6.45, 7) is 1.74. The average Bonchev–Trinajstić information content (AvgIpc) is 2.50. The third-order valence-electron chi connectivity index (χ3n) is 3.52. The van der Waals surface area contributed by atoms with E-state index in [1.807, 2.05) is 24.3 Å². The summed E-state index contributed by atoms with van der Waals surface area (Å²) in [5, 5.41) is 7.57. The lowest BCUT2D eigenvalue weighted by atomic mass is 10.1. The maximum Gasteiger partial charge on any atom is 0.246 e. The van der Waals surface area contributed by atoms with Crippen molar-refractivity contribution in [2.24, 2.45) is 0 Å². The van der Waals surface area contributed by atoms with Crippen molar-refractivity contribution in [1.29, 1.82) is 0 Å². The normalized spacial score (nSPS) is 15.5. The Morgan fingerprint density at radius 1 is 1.36 bits per heavy atom. The van der Waals surface area contributed by atoms with Crippen LogP contribution in [0.3, 0.4) is 0 Å². The number of hydrogen-bond acceptors (Lipinski definition) is 3. The summed E-state index contributed by atoms with van der Waals surface area (Å²) in [5.74, 6) is -0.0668. The first kappa shape index (κ1) is 17.0. The van der Waals surface area contributed by atoms with E-state index in [1.54, 1.807) is 0 Å². The first-order valence-corrected chi connectivity index (χ1v) is 7.97. The van der Waals surface area contributed by atoms with Crippen LogP contribution in [0.25, 0.3) is 0 Å². The number of anilines is 1. The third kappa shape index (κ3) is 5.12. The Hall–Kier alpha value is -1.37. The number of methoxy groups -OCH3 is 1. The van der Waals surface area contributed by atoms with Crippen LogP contribution in [0.5, 0.6) is 0 Å². The summed E-state index contributed by atoms with van der Waals surface area (Å²) in [7, 11) is 1.52. The van der Waals surface area contributed by atoms with E-state index in [1.165, 1.54) is 7.11 Å². The number of piperidine rings is 1. The standard InChI is InChI=1S/C15H20ClN3O2S/c1-21-10-14(20)17-13-6-8-19(9-7-13)15(22)18-12-4-2-11(16)3-5-12/h2-5,13H,6-10H2,1H3,(H,17,20)(H,18,22). The highest BCUT2D eigenvalue weighted by molar-refractivity contribution is 7.80. The second kappa shape index (κ2) is 8.31. The second-order valence-electron chi connectivity index (χ2n) is 5.20. The summed E-state index contributed by atoms with van der Waals surface area (Å²) in [6.07, 6.45) is 1.75. The zero-order chi connectivity index (χ0) is 15.9. The molecule has 0 saturated carbocycles. The highest BCUT2D eigenvalue weighted by Gasteiger charge is 2.22. The van der Waals surface area contributed by atoms with Crippen molar-refractivity contribution in [3.8, 4) is 0 Å². The monoisotopic (exact) mass is 341 g/mol. The van der Waals surface area contributed by atoms with Gasteiger partial charge in [-0.25, -0.2) is 0 Å². The van der Waals surface area contributed by atoms with E-state index in [-0.39, 0.29) is 18.6 Å². The number of benzene rings is 1. The van der Waals surface area contributed by atoms with Crippen LogP contribution in [0.2, 0.25) is 5.02 Å². The molecule has 2 rings (SSSR count). The number of halogens is 1. The van der Waals surface area contributed by atoms with E-state index in [9.17, 15) is 4.79 Å². The molecule has 120 valence electrons. The molecule has 1 amide bonds. The van der Waals surface area contributed by atoms with Gasteiger partial charge in [-0.1, -0.05) is 11.6 Å². The minimum absolute atomic E-state index is 0.0668. The van der Waals surface area contributed by atoms with Gasteiger partial charge in [-0.3, -0.25) is 4.79 Å². The predicted molar refractivity (Wildman–Crippen MR) is 92.3 cm³/mol. The molecule has 2 N–H and O–H groups in total. The van der Waals surface area contributed by atoms with Crippen molar-refractivity contribution < 1.29 is 9.53 Å². The first-order valence-electron chi connectivity index (χ1n) is 7.18. The third-order valence-corrected chi connectivity index (χ3v) is 4.13. The van der Waals surface area contributed by atoms with Crippen molar-refractivity contribution in [1.82, 2.24) is 10.2 Å². The van der Waals surface area contributed by atoms with Gasteiger partial charge in [-0.05, 0) is 49.3 Å². The van der Waals surface area contributed by atoms with Gasteiger partial charge in [0.2, 0.25) is 5.91 Å². The Morgan fingerprint density at radius 2 is 2.00 bits per heavy atom. The number of nitrogens with one attached hydrogen (secondary N) is 2. The molecule has 0 radical (unpaired) electrons. The summed E-state index contributed by atoms with van der Waals surface area (Å²) in [4.78, 5) is 13.6. The van der Waals surface area contributed by atoms with Crippen molar-refractivity contribution in [2.45, 2.75) is 18.9 Å². The molecular weight excluding hydrogens is 322 g/mol. The van der Waals surface area contributed by atoms with Crippen molar-refractivity contribution in [2.75, 3.05) is 32.1 Å². The maximum atomic E-state index is 11.5. The lowest BCUT2D eigenvalue weighted by molar-refractivity contribution is -0.125. The molecule has 0 bridgehead atoms. The van der Waals surface area contributed by atoms with Crippen molar-refractivity contribution in [3.63, 3.8) is 0 Å². The van der Waals surface area contributed by atoms with Crippen LogP contribution in [-0.4, -0.2) is 48.8 Å². The van der Waals surface area contributed by atoms with Gasteiger partial charge in [0.1, 0.15) is 6.61 Å². The molecule has 0 aromatic heterocycles. The van der Waals surface area contributed by atoms with E-state index in [4.69, 9.17) is 28.6 Å². The number of thiocarbonyl (C=S) groups is 1. The molecule has 1 aromatic rings. The number of hydrogen-bond donors (Lipinski definition) is 2. The van der Waals surface area contributed by atoms with Gasteiger partial charge >= 0.3 is 0 Å². The van der Waals surface area contributed by atoms with E-state index < -0.39 is 0 Å². The number of carbonyl (C=O) groups is 1. The van der Waals surface area contributed by atoms with Crippen molar-refractivity contribution in [3.05, 3.63) is 29.3 Å². The summed E-state index contributed by atoms with van der Waals surface area (Å²) >= 11 is 11.3. The van der Waals surface area contributed by atoms with Crippen LogP contribution in [-0.2, 0) is 9.53 Å². The molecule has 0 spiro atoms. The SMILES string of the molecule is COCC(=O)NC1CCN(C(=S)Nc2ccc(Cl)cc2)CC1.